The van der Waals surface area contributed by atoms with Crippen molar-refractivity contribution in [1.29, 1.82) is 0 Å². The number of rotatable bonds is 3. The van der Waals surface area contributed by atoms with E-state index in [4.69, 9.17) is 0 Å². The molecule has 0 saturated carbocycles. The summed E-state index contributed by atoms with van der Waals surface area (Å²) in [5.74, 6) is -0.686. The van der Waals surface area contributed by atoms with E-state index in [0.29, 0.717) is 6.42 Å². The van der Waals surface area contributed by atoms with Gasteiger partial charge >= 0.3 is 12.0 Å². The van der Waals surface area contributed by atoms with Gasteiger partial charge in [0.05, 0.1) is 0 Å². The lowest BCUT2D eigenvalue weighted by atomic mass is 9.90. The van der Waals surface area contributed by atoms with E-state index in [1.807, 2.05) is 11.8 Å². The largest absolute Gasteiger partial charge is 0.480 e. The number of aliphatic carboxylic acids is 1. The molecular formula is C15H27N3O3. The van der Waals surface area contributed by atoms with Gasteiger partial charge in [-0.1, -0.05) is 6.92 Å². The van der Waals surface area contributed by atoms with Crippen LogP contribution in [0, 0.1) is 0 Å². The van der Waals surface area contributed by atoms with Crippen molar-refractivity contribution in [2.45, 2.75) is 50.6 Å². The minimum atomic E-state index is -0.686. The number of nitrogens with zero attached hydrogens (tertiary/aromatic N) is 3. The van der Waals surface area contributed by atoms with Crippen LogP contribution in [0.1, 0.15) is 39.0 Å². The molecule has 0 spiro atoms. The fourth-order valence-electron chi connectivity index (χ4n) is 3.84. The molecule has 2 saturated heterocycles. The third-order valence-corrected chi connectivity index (χ3v) is 5.08. The summed E-state index contributed by atoms with van der Waals surface area (Å²) in [5.41, 5.74) is -0.682. The maximum absolute atomic E-state index is 12.0. The van der Waals surface area contributed by atoms with E-state index in [9.17, 15) is 14.7 Å². The summed E-state index contributed by atoms with van der Waals surface area (Å²) < 4.78 is 0. The van der Waals surface area contributed by atoms with E-state index in [-0.39, 0.29) is 12.1 Å². The van der Waals surface area contributed by atoms with E-state index in [2.05, 4.69) is 4.90 Å². The van der Waals surface area contributed by atoms with E-state index >= 15 is 0 Å². The van der Waals surface area contributed by atoms with Crippen LogP contribution in [0.15, 0.2) is 0 Å². The minimum Gasteiger partial charge on any atom is -0.480 e. The number of hydrogen-bond acceptors (Lipinski definition) is 3. The van der Waals surface area contributed by atoms with E-state index in [1.54, 1.807) is 19.0 Å². The summed E-state index contributed by atoms with van der Waals surface area (Å²) in [4.78, 5) is 29.4. The maximum Gasteiger partial charge on any atom is 0.324 e. The summed E-state index contributed by atoms with van der Waals surface area (Å²) >= 11 is 0. The van der Waals surface area contributed by atoms with Crippen LogP contribution < -0.4 is 0 Å². The Morgan fingerprint density at radius 3 is 2.33 bits per heavy atom. The van der Waals surface area contributed by atoms with Gasteiger partial charge in [-0.05, 0) is 38.6 Å². The Hall–Kier alpha value is -1.30. The predicted octanol–water partition coefficient (Wildman–Crippen LogP) is 1.46. The molecule has 6 heteroatoms. The Kier molecular flexibility index (Phi) is 4.76. The van der Waals surface area contributed by atoms with Crippen molar-refractivity contribution in [3.8, 4) is 0 Å². The van der Waals surface area contributed by atoms with Gasteiger partial charge in [0.15, 0.2) is 0 Å². The second kappa shape index (κ2) is 6.22. The van der Waals surface area contributed by atoms with Crippen LogP contribution in [0.25, 0.3) is 0 Å². The highest BCUT2D eigenvalue weighted by Crippen LogP contribution is 2.37. The van der Waals surface area contributed by atoms with Crippen LogP contribution in [-0.2, 0) is 4.79 Å². The molecule has 2 rings (SSSR count). The molecule has 0 aromatic heterocycles. The number of carboxylic acid groups (broad SMARTS) is 1. The lowest BCUT2D eigenvalue weighted by Gasteiger charge is -2.43. The van der Waals surface area contributed by atoms with E-state index in [1.165, 1.54) is 0 Å². The Labute approximate surface area is 126 Å². The average Bonchev–Trinajstić information content (AvgIpc) is 2.91. The van der Waals surface area contributed by atoms with Crippen molar-refractivity contribution in [2.24, 2.45) is 0 Å². The zero-order chi connectivity index (χ0) is 15.6. The number of urea groups is 1. The highest BCUT2D eigenvalue weighted by Gasteiger charge is 2.49. The van der Waals surface area contributed by atoms with Crippen LogP contribution in [0.5, 0.6) is 0 Å². The number of carbonyl (C=O) groups is 2. The number of carboxylic acids is 1. The SMILES string of the molecule is CCC1(C(=O)O)CCCN1C1CCN(C(=O)N(C)C)CC1. The zero-order valence-electron chi connectivity index (χ0n) is 13.3. The fraction of sp³-hybridized carbons (Fsp3) is 0.867. The quantitative estimate of drug-likeness (QED) is 0.856. The molecule has 0 aromatic rings. The molecule has 2 aliphatic heterocycles. The summed E-state index contributed by atoms with van der Waals surface area (Å²) in [6, 6.07) is 0.338. The molecule has 1 atom stereocenters. The van der Waals surface area contributed by atoms with Crippen LogP contribution in [0.2, 0.25) is 0 Å². The standard InChI is InChI=1S/C15H27N3O3/c1-4-15(13(19)20)8-5-9-18(15)12-6-10-17(11-7-12)14(21)16(2)3/h12H,4-11H2,1-3H3,(H,19,20). The Bertz CT molecular complexity index is 405. The van der Waals surface area contributed by atoms with Crippen molar-refractivity contribution in [2.75, 3.05) is 33.7 Å². The first-order valence-electron chi connectivity index (χ1n) is 7.88. The lowest BCUT2D eigenvalue weighted by molar-refractivity contribution is -0.152. The Balaban J connectivity index is 2.01. The van der Waals surface area contributed by atoms with Crippen molar-refractivity contribution in [1.82, 2.24) is 14.7 Å². The molecule has 120 valence electrons. The summed E-state index contributed by atoms with van der Waals surface area (Å²) in [5, 5.41) is 9.66. The van der Waals surface area contributed by atoms with Gasteiger partial charge in [-0.15, -0.1) is 0 Å². The monoisotopic (exact) mass is 297 g/mol. The van der Waals surface area contributed by atoms with Crippen molar-refractivity contribution >= 4 is 12.0 Å². The molecule has 1 N–H and O–H groups in total. The lowest BCUT2D eigenvalue weighted by Crippen LogP contribution is -2.57. The first-order valence-corrected chi connectivity index (χ1v) is 7.88. The molecule has 0 bridgehead atoms. The van der Waals surface area contributed by atoms with Gasteiger partial charge in [0, 0.05) is 33.2 Å². The second-order valence-corrected chi connectivity index (χ2v) is 6.38. The molecule has 21 heavy (non-hydrogen) atoms. The van der Waals surface area contributed by atoms with Crippen LogP contribution in [-0.4, -0.2) is 77.1 Å². The van der Waals surface area contributed by atoms with E-state index < -0.39 is 11.5 Å². The van der Waals surface area contributed by atoms with Crippen LogP contribution in [0.3, 0.4) is 0 Å². The highest BCUT2D eigenvalue weighted by molar-refractivity contribution is 5.79. The number of carbonyl (C=O) groups excluding carboxylic acids is 1. The molecule has 0 radical (unpaired) electrons. The molecule has 2 aliphatic rings. The molecule has 2 heterocycles. The van der Waals surface area contributed by atoms with Gasteiger partial charge < -0.3 is 14.9 Å². The molecule has 2 amide bonds. The smallest absolute Gasteiger partial charge is 0.324 e. The second-order valence-electron chi connectivity index (χ2n) is 6.38. The average molecular weight is 297 g/mol. The van der Waals surface area contributed by atoms with Gasteiger partial charge in [-0.25, -0.2) is 4.79 Å². The van der Waals surface area contributed by atoms with Crippen LogP contribution >= 0.6 is 0 Å². The van der Waals surface area contributed by atoms with Gasteiger partial charge in [-0.3, -0.25) is 9.69 Å². The molecule has 6 nitrogen and oxygen atoms in total. The fourth-order valence-corrected chi connectivity index (χ4v) is 3.84. The minimum absolute atomic E-state index is 0.0508. The molecular weight excluding hydrogens is 270 g/mol. The summed E-state index contributed by atoms with van der Waals surface area (Å²) in [7, 11) is 3.53. The first kappa shape index (κ1) is 16.1. The summed E-state index contributed by atoms with van der Waals surface area (Å²) in [6.45, 7) is 4.28. The number of likely N-dealkylation sites (tertiary alicyclic amines) is 2. The number of amides is 2. The normalized spacial score (nSPS) is 27.9. The zero-order valence-corrected chi connectivity index (χ0v) is 13.3. The van der Waals surface area contributed by atoms with Gasteiger partial charge in [0.25, 0.3) is 0 Å². The number of piperidine rings is 1. The third kappa shape index (κ3) is 2.86. The van der Waals surface area contributed by atoms with Gasteiger partial charge in [0.1, 0.15) is 5.54 Å². The first-order chi connectivity index (χ1) is 9.92. The third-order valence-electron chi connectivity index (χ3n) is 5.08. The molecule has 1 unspecified atom stereocenters. The summed E-state index contributed by atoms with van der Waals surface area (Å²) in [6.07, 6.45) is 4.09. The molecule has 0 aliphatic carbocycles. The predicted molar refractivity (Wildman–Crippen MR) is 80.3 cm³/mol. The molecule has 2 fully saturated rings. The maximum atomic E-state index is 12.0. The van der Waals surface area contributed by atoms with Gasteiger partial charge in [-0.2, -0.15) is 0 Å². The Morgan fingerprint density at radius 1 is 1.24 bits per heavy atom. The van der Waals surface area contributed by atoms with Crippen molar-refractivity contribution in [3.63, 3.8) is 0 Å². The molecule has 0 aromatic carbocycles. The highest BCUT2D eigenvalue weighted by atomic mass is 16.4. The Morgan fingerprint density at radius 2 is 1.86 bits per heavy atom. The topological polar surface area (TPSA) is 64.1 Å². The number of hydrogen-bond donors (Lipinski definition) is 1. The van der Waals surface area contributed by atoms with Crippen molar-refractivity contribution < 1.29 is 14.7 Å². The van der Waals surface area contributed by atoms with Gasteiger partial charge in [0.2, 0.25) is 0 Å². The van der Waals surface area contributed by atoms with E-state index in [0.717, 1.165) is 45.3 Å². The van der Waals surface area contributed by atoms with Crippen molar-refractivity contribution in [3.05, 3.63) is 0 Å². The van der Waals surface area contributed by atoms with Crippen LogP contribution in [0.4, 0.5) is 4.79 Å².